The molecule has 0 saturated carbocycles. The first kappa shape index (κ1) is 8.55. The molecule has 0 amide bonds. The Morgan fingerprint density at radius 1 is 1.50 bits per heavy atom. The molecule has 12 heavy (non-hydrogen) atoms. The first-order chi connectivity index (χ1) is 5.65. The molecule has 0 fully saturated rings. The van der Waals surface area contributed by atoms with Crippen LogP contribution < -0.4 is 5.73 Å². The van der Waals surface area contributed by atoms with Gasteiger partial charge in [-0.25, -0.2) is 0 Å². The minimum Gasteiger partial charge on any atom is -0.507 e. The SMILES string of the molecule is NCC(=O)O.Oc1ccc2cc1-2. The third-order valence-corrected chi connectivity index (χ3v) is 1.40. The lowest BCUT2D eigenvalue weighted by Gasteiger charge is -1.73. The number of fused-ring (bicyclic) bond motifs is 1. The van der Waals surface area contributed by atoms with E-state index < -0.39 is 5.97 Å². The van der Waals surface area contributed by atoms with Crippen LogP contribution in [-0.4, -0.2) is 22.7 Å². The predicted octanol–water partition coefficient (Wildman–Crippen LogP) is 0.402. The van der Waals surface area contributed by atoms with Crippen LogP contribution in [0.15, 0.2) is 18.2 Å². The smallest absolute Gasteiger partial charge is 0.317 e. The average Bonchev–Trinajstić information content (AvgIpc) is 2.74. The van der Waals surface area contributed by atoms with E-state index >= 15 is 0 Å². The normalized spacial score (nSPS) is 9.75. The van der Waals surface area contributed by atoms with E-state index in [4.69, 9.17) is 10.2 Å². The Balaban J connectivity index is 0.000000130. The van der Waals surface area contributed by atoms with Gasteiger partial charge in [-0.15, -0.1) is 0 Å². The van der Waals surface area contributed by atoms with Crippen LogP contribution in [0.25, 0.3) is 11.1 Å². The number of carboxylic acids is 1. The lowest BCUT2D eigenvalue weighted by atomic mass is 10.5. The van der Waals surface area contributed by atoms with Crippen molar-refractivity contribution in [1.82, 2.24) is 0 Å². The largest absolute Gasteiger partial charge is 0.507 e. The van der Waals surface area contributed by atoms with Gasteiger partial charge in [-0.1, -0.05) is 6.07 Å². The van der Waals surface area contributed by atoms with Crippen molar-refractivity contribution in [1.29, 1.82) is 0 Å². The van der Waals surface area contributed by atoms with Gasteiger partial charge in [0.05, 0.1) is 6.54 Å². The lowest BCUT2D eigenvalue weighted by Crippen LogP contribution is -2.10. The predicted molar refractivity (Wildman–Crippen MR) is 43.8 cm³/mol. The van der Waals surface area contributed by atoms with E-state index in [2.05, 4.69) is 5.73 Å². The number of hydrogen-bond acceptors (Lipinski definition) is 3. The van der Waals surface area contributed by atoms with Crippen LogP contribution in [-0.2, 0) is 4.79 Å². The Morgan fingerprint density at radius 2 is 2.08 bits per heavy atom. The molecule has 4 N–H and O–H groups in total. The molecule has 0 aromatic carbocycles. The molecule has 2 aliphatic carbocycles. The van der Waals surface area contributed by atoms with Crippen molar-refractivity contribution in [3.8, 4) is 16.9 Å². The van der Waals surface area contributed by atoms with Crippen molar-refractivity contribution in [2.45, 2.75) is 0 Å². The van der Waals surface area contributed by atoms with Gasteiger partial charge in [0, 0.05) is 5.56 Å². The number of carbonyl (C=O) groups is 1. The molecular weight excluding hydrogens is 158 g/mol. The zero-order valence-corrected chi connectivity index (χ0v) is 6.32. The van der Waals surface area contributed by atoms with Gasteiger partial charge >= 0.3 is 5.97 Å². The minimum atomic E-state index is -0.968. The van der Waals surface area contributed by atoms with Gasteiger partial charge in [-0.2, -0.15) is 0 Å². The summed E-state index contributed by atoms with van der Waals surface area (Å²) in [6.45, 7) is -0.278. The van der Waals surface area contributed by atoms with Crippen molar-refractivity contribution >= 4 is 5.97 Å². The van der Waals surface area contributed by atoms with Crippen molar-refractivity contribution in [3.05, 3.63) is 18.2 Å². The van der Waals surface area contributed by atoms with E-state index in [1.807, 2.05) is 12.1 Å². The second-order valence-corrected chi connectivity index (χ2v) is 2.33. The monoisotopic (exact) mass is 167 g/mol. The molecule has 0 aromatic heterocycles. The maximum Gasteiger partial charge on any atom is 0.317 e. The molecule has 0 aromatic rings. The Bertz CT molecular complexity index is 309. The topological polar surface area (TPSA) is 83.6 Å². The highest BCUT2D eigenvalue weighted by Crippen LogP contribution is 2.42. The molecular formula is C8H9NO3. The zero-order chi connectivity index (χ0) is 9.14. The fourth-order valence-corrected chi connectivity index (χ4v) is 0.738. The third kappa shape index (κ3) is 1.96. The maximum absolute atomic E-state index is 9.24. The lowest BCUT2D eigenvalue weighted by molar-refractivity contribution is -0.135. The number of phenols is 1. The van der Waals surface area contributed by atoms with Crippen LogP contribution in [0.1, 0.15) is 0 Å². The van der Waals surface area contributed by atoms with E-state index in [9.17, 15) is 4.79 Å². The molecule has 2 rings (SSSR count). The highest BCUT2D eigenvalue weighted by atomic mass is 16.4. The zero-order valence-electron chi connectivity index (χ0n) is 6.32. The summed E-state index contributed by atoms with van der Waals surface area (Å²) >= 11 is 0. The van der Waals surface area contributed by atoms with Gasteiger partial charge in [0.1, 0.15) is 5.75 Å². The van der Waals surface area contributed by atoms with E-state index in [1.54, 1.807) is 6.07 Å². The standard InChI is InChI=1S/C6H4O.C2H5NO2/c7-6-2-1-4-3-5(4)6;3-1-2(4)5/h1-3,7H;1,3H2,(H,4,5). The molecule has 0 spiro atoms. The number of hydrogen-bond donors (Lipinski definition) is 3. The summed E-state index contributed by atoms with van der Waals surface area (Å²) in [5, 5.41) is 16.4. The van der Waals surface area contributed by atoms with Crippen molar-refractivity contribution in [2.75, 3.05) is 6.54 Å². The number of phenolic OH excluding ortho intramolecular Hbond substituents is 1. The number of rotatable bonds is 1. The van der Waals surface area contributed by atoms with E-state index in [0.717, 1.165) is 5.56 Å². The first-order valence-corrected chi connectivity index (χ1v) is 3.40. The van der Waals surface area contributed by atoms with Crippen LogP contribution in [0, 0.1) is 0 Å². The molecule has 2 aliphatic rings. The number of aromatic hydroxyl groups is 1. The minimum absolute atomic E-state index is 0.278. The summed E-state index contributed by atoms with van der Waals surface area (Å²) in [7, 11) is 0. The summed E-state index contributed by atoms with van der Waals surface area (Å²) in [6.07, 6.45) is 0. The van der Waals surface area contributed by atoms with Crippen LogP contribution in [0.2, 0.25) is 0 Å². The van der Waals surface area contributed by atoms with Gasteiger partial charge in [-0.3, -0.25) is 4.79 Å². The summed E-state index contributed by atoms with van der Waals surface area (Å²) in [5.41, 5.74) is 6.79. The molecule has 64 valence electrons. The fourth-order valence-electron chi connectivity index (χ4n) is 0.738. The number of benzene rings is 1. The summed E-state index contributed by atoms with van der Waals surface area (Å²) in [4.78, 5) is 9.24. The van der Waals surface area contributed by atoms with E-state index in [0.29, 0.717) is 5.75 Å². The third-order valence-electron chi connectivity index (χ3n) is 1.40. The Kier molecular flexibility index (Phi) is 2.30. The van der Waals surface area contributed by atoms with Crippen molar-refractivity contribution in [3.63, 3.8) is 0 Å². The number of aliphatic carboxylic acids is 1. The molecule has 4 nitrogen and oxygen atoms in total. The van der Waals surface area contributed by atoms with Crippen LogP contribution >= 0.6 is 0 Å². The van der Waals surface area contributed by atoms with Gasteiger partial charge in [0.2, 0.25) is 0 Å². The summed E-state index contributed by atoms with van der Waals surface area (Å²) in [5.74, 6) is -0.542. The molecule has 0 atom stereocenters. The number of carboxylic acid groups (broad SMARTS) is 1. The molecule has 0 saturated heterocycles. The second-order valence-electron chi connectivity index (χ2n) is 2.33. The van der Waals surface area contributed by atoms with Crippen LogP contribution in [0.4, 0.5) is 0 Å². The quantitative estimate of drug-likeness (QED) is 0.574. The molecule has 0 unspecified atom stereocenters. The van der Waals surface area contributed by atoms with Gasteiger partial charge in [0.25, 0.3) is 0 Å². The molecule has 0 heterocycles. The fraction of sp³-hybridized carbons (Fsp3) is 0.125. The highest BCUT2D eigenvalue weighted by Gasteiger charge is 2.15. The second kappa shape index (κ2) is 3.23. The first-order valence-electron chi connectivity index (χ1n) is 3.40. The average molecular weight is 167 g/mol. The van der Waals surface area contributed by atoms with E-state index in [1.165, 1.54) is 5.56 Å². The Hall–Kier alpha value is -1.55. The van der Waals surface area contributed by atoms with Crippen molar-refractivity contribution in [2.24, 2.45) is 5.73 Å². The molecule has 0 radical (unpaired) electrons. The van der Waals surface area contributed by atoms with Gasteiger partial charge in [-0.05, 0) is 17.7 Å². The van der Waals surface area contributed by atoms with Crippen molar-refractivity contribution < 1.29 is 15.0 Å². The number of nitrogens with two attached hydrogens (primary N) is 1. The molecule has 4 heteroatoms. The van der Waals surface area contributed by atoms with Crippen LogP contribution in [0.3, 0.4) is 0 Å². The van der Waals surface area contributed by atoms with Crippen LogP contribution in [0.5, 0.6) is 5.75 Å². The summed E-state index contributed by atoms with van der Waals surface area (Å²) < 4.78 is 0. The maximum atomic E-state index is 9.24. The van der Waals surface area contributed by atoms with Gasteiger partial charge in [0.15, 0.2) is 0 Å². The molecule has 0 bridgehead atoms. The van der Waals surface area contributed by atoms with E-state index in [-0.39, 0.29) is 6.54 Å². The van der Waals surface area contributed by atoms with Gasteiger partial charge < -0.3 is 15.9 Å². The Labute approximate surface area is 69.3 Å². The molecule has 0 aliphatic heterocycles. The summed E-state index contributed by atoms with van der Waals surface area (Å²) in [6, 6.07) is 5.57. The Morgan fingerprint density at radius 3 is 2.17 bits per heavy atom. The highest BCUT2D eigenvalue weighted by molar-refractivity contribution is 5.86.